The van der Waals surface area contributed by atoms with Gasteiger partial charge in [0.2, 0.25) is 0 Å². The van der Waals surface area contributed by atoms with Crippen LogP contribution in [0.15, 0.2) is 0 Å². The highest BCUT2D eigenvalue weighted by atomic mass is 16.6. The standard InChI is InChI=1S/C14H28O3/c1-4-6-8-16-13-9-12(3)10-17-14(13)11-15-7-5-2/h12-14H,4-11H2,1-3H3. The Morgan fingerprint density at radius 3 is 2.71 bits per heavy atom. The molecule has 3 heteroatoms. The van der Waals surface area contributed by atoms with Crippen molar-refractivity contribution in [1.29, 1.82) is 0 Å². The van der Waals surface area contributed by atoms with E-state index < -0.39 is 0 Å². The Labute approximate surface area is 106 Å². The van der Waals surface area contributed by atoms with Crippen LogP contribution in [0, 0.1) is 5.92 Å². The molecule has 102 valence electrons. The van der Waals surface area contributed by atoms with Gasteiger partial charge < -0.3 is 14.2 Å². The van der Waals surface area contributed by atoms with E-state index in [1.54, 1.807) is 0 Å². The molecule has 1 heterocycles. The molecular weight excluding hydrogens is 216 g/mol. The molecule has 0 spiro atoms. The molecule has 0 N–H and O–H groups in total. The lowest BCUT2D eigenvalue weighted by atomic mass is 9.97. The van der Waals surface area contributed by atoms with Crippen LogP contribution < -0.4 is 0 Å². The van der Waals surface area contributed by atoms with E-state index in [0.717, 1.165) is 39.1 Å². The maximum absolute atomic E-state index is 5.93. The first-order valence-electron chi connectivity index (χ1n) is 7.08. The van der Waals surface area contributed by atoms with E-state index in [1.807, 2.05) is 0 Å². The van der Waals surface area contributed by atoms with Crippen molar-refractivity contribution in [1.82, 2.24) is 0 Å². The van der Waals surface area contributed by atoms with Crippen LogP contribution in [-0.4, -0.2) is 38.6 Å². The molecule has 0 aromatic rings. The second-order valence-corrected chi connectivity index (χ2v) is 5.05. The Kier molecular flexibility index (Phi) is 7.82. The minimum atomic E-state index is 0.134. The fraction of sp³-hybridized carbons (Fsp3) is 1.00. The molecule has 1 saturated heterocycles. The summed E-state index contributed by atoms with van der Waals surface area (Å²) in [4.78, 5) is 0. The zero-order valence-corrected chi connectivity index (χ0v) is 11.6. The molecule has 17 heavy (non-hydrogen) atoms. The highest BCUT2D eigenvalue weighted by molar-refractivity contribution is 4.78. The van der Waals surface area contributed by atoms with Gasteiger partial charge in [-0.2, -0.15) is 0 Å². The van der Waals surface area contributed by atoms with E-state index in [9.17, 15) is 0 Å². The predicted molar refractivity (Wildman–Crippen MR) is 69.3 cm³/mol. The predicted octanol–water partition coefficient (Wildman–Crippen LogP) is 3.02. The van der Waals surface area contributed by atoms with Gasteiger partial charge in [-0.1, -0.05) is 27.2 Å². The maximum atomic E-state index is 5.93. The number of ether oxygens (including phenoxy) is 3. The van der Waals surface area contributed by atoms with Crippen LogP contribution in [0.4, 0.5) is 0 Å². The molecule has 1 rings (SSSR count). The van der Waals surface area contributed by atoms with Gasteiger partial charge in [-0.25, -0.2) is 0 Å². The van der Waals surface area contributed by atoms with Crippen molar-refractivity contribution in [2.45, 2.75) is 58.7 Å². The number of hydrogen-bond donors (Lipinski definition) is 0. The monoisotopic (exact) mass is 244 g/mol. The molecule has 0 bridgehead atoms. The fourth-order valence-electron chi connectivity index (χ4n) is 2.07. The van der Waals surface area contributed by atoms with Gasteiger partial charge in [-0.3, -0.25) is 0 Å². The van der Waals surface area contributed by atoms with Crippen molar-refractivity contribution in [3.8, 4) is 0 Å². The lowest BCUT2D eigenvalue weighted by Crippen LogP contribution is -2.42. The van der Waals surface area contributed by atoms with Gasteiger partial charge in [0.15, 0.2) is 0 Å². The van der Waals surface area contributed by atoms with Gasteiger partial charge >= 0.3 is 0 Å². The summed E-state index contributed by atoms with van der Waals surface area (Å²) in [6.45, 7) is 9.72. The van der Waals surface area contributed by atoms with Crippen molar-refractivity contribution in [3.05, 3.63) is 0 Å². The van der Waals surface area contributed by atoms with Crippen LogP contribution in [0.5, 0.6) is 0 Å². The molecule has 3 unspecified atom stereocenters. The van der Waals surface area contributed by atoms with E-state index in [-0.39, 0.29) is 12.2 Å². The van der Waals surface area contributed by atoms with Crippen molar-refractivity contribution in [3.63, 3.8) is 0 Å². The lowest BCUT2D eigenvalue weighted by molar-refractivity contribution is -0.145. The van der Waals surface area contributed by atoms with Crippen LogP contribution in [0.3, 0.4) is 0 Å². The van der Waals surface area contributed by atoms with Crippen molar-refractivity contribution in [2.75, 3.05) is 26.4 Å². The fourth-order valence-corrected chi connectivity index (χ4v) is 2.07. The third kappa shape index (κ3) is 5.84. The Balaban J connectivity index is 2.29. The normalized spacial score (nSPS) is 29.5. The van der Waals surface area contributed by atoms with E-state index in [4.69, 9.17) is 14.2 Å². The first kappa shape index (κ1) is 14.9. The van der Waals surface area contributed by atoms with Gasteiger partial charge in [0.05, 0.1) is 12.7 Å². The Hall–Kier alpha value is -0.120. The van der Waals surface area contributed by atoms with Crippen molar-refractivity contribution in [2.24, 2.45) is 5.92 Å². The molecular formula is C14H28O3. The minimum Gasteiger partial charge on any atom is -0.379 e. The molecule has 1 aliphatic rings. The molecule has 0 aromatic carbocycles. The van der Waals surface area contributed by atoms with E-state index in [0.29, 0.717) is 12.5 Å². The first-order valence-corrected chi connectivity index (χ1v) is 7.08. The van der Waals surface area contributed by atoms with Gasteiger partial charge in [-0.15, -0.1) is 0 Å². The molecule has 0 radical (unpaired) electrons. The second-order valence-electron chi connectivity index (χ2n) is 5.05. The molecule has 0 amide bonds. The van der Waals surface area contributed by atoms with E-state index >= 15 is 0 Å². The SMILES string of the molecule is CCCCOC1CC(C)COC1COCCC. The number of unbranched alkanes of at least 4 members (excludes halogenated alkanes) is 1. The molecule has 1 aliphatic heterocycles. The van der Waals surface area contributed by atoms with Crippen molar-refractivity contribution >= 4 is 0 Å². The minimum absolute atomic E-state index is 0.134. The Morgan fingerprint density at radius 1 is 1.18 bits per heavy atom. The summed E-state index contributed by atoms with van der Waals surface area (Å²) in [6.07, 6.45) is 4.83. The van der Waals surface area contributed by atoms with E-state index in [2.05, 4.69) is 20.8 Å². The van der Waals surface area contributed by atoms with E-state index in [1.165, 1.54) is 6.42 Å². The smallest absolute Gasteiger partial charge is 0.107 e. The average molecular weight is 244 g/mol. The third-order valence-corrected chi connectivity index (χ3v) is 3.10. The third-order valence-electron chi connectivity index (χ3n) is 3.10. The van der Waals surface area contributed by atoms with Gasteiger partial charge in [0, 0.05) is 19.8 Å². The molecule has 3 nitrogen and oxygen atoms in total. The van der Waals surface area contributed by atoms with Gasteiger partial charge in [-0.05, 0) is 25.2 Å². The van der Waals surface area contributed by atoms with Gasteiger partial charge in [0.1, 0.15) is 6.10 Å². The zero-order valence-electron chi connectivity index (χ0n) is 11.6. The zero-order chi connectivity index (χ0) is 12.5. The Morgan fingerprint density at radius 2 is 2.00 bits per heavy atom. The first-order chi connectivity index (χ1) is 8.27. The summed E-state index contributed by atoms with van der Waals surface area (Å²) >= 11 is 0. The largest absolute Gasteiger partial charge is 0.379 e. The molecule has 0 aliphatic carbocycles. The molecule has 0 aromatic heterocycles. The van der Waals surface area contributed by atoms with Gasteiger partial charge in [0.25, 0.3) is 0 Å². The number of hydrogen-bond acceptors (Lipinski definition) is 3. The second kappa shape index (κ2) is 8.90. The Bertz CT molecular complexity index is 184. The van der Waals surface area contributed by atoms with Crippen LogP contribution in [-0.2, 0) is 14.2 Å². The topological polar surface area (TPSA) is 27.7 Å². The average Bonchev–Trinajstić information content (AvgIpc) is 2.32. The summed E-state index contributed by atoms with van der Waals surface area (Å²) in [5.74, 6) is 0.601. The summed E-state index contributed by atoms with van der Waals surface area (Å²) in [5.41, 5.74) is 0. The van der Waals surface area contributed by atoms with Crippen LogP contribution >= 0.6 is 0 Å². The molecule has 1 fully saturated rings. The summed E-state index contributed by atoms with van der Waals surface area (Å²) in [7, 11) is 0. The quantitative estimate of drug-likeness (QED) is 0.614. The van der Waals surface area contributed by atoms with Crippen LogP contribution in [0.25, 0.3) is 0 Å². The molecule has 0 saturated carbocycles. The number of rotatable bonds is 8. The summed E-state index contributed by atoms with van der Waals surface area (Å²) in [6, 6.07) is 0. The lowest BCUT2D eigenvalue weighted by Gasteiger charge is -2.34. The van der Waals surface area contributed by atoms with Crippen LogP contribution in [0.1, 0.15) is 46.5 Å². The molecule has 3 atom stereocenters. The highest BCUT2D eigenvalue weighted by Gasteiger charge is 2.30. The highest BCUT2D eigenvalue weighted by Crippen LogP contribution is 2.22. The summed E-state index contributed by atoms with van der Waals surface area (Å²) in [5, 5.41) is 0. The van der Waals surface area contributed by atoms with Crippen molar-refractivity contribution < 1.29 is 14.2 Å². The summed E-state index contributed by atoms with van der Waals surface area (Å²) < 4.78 is 17.4. The van der Waals surface area contributed by atoms with Crippen LogP contribution in [0.2, 0.25) is 0 Å². The maximum Gasteiger partial charge on any atom is 0.107 e.